The summed E-state index contributed by atoms with van der Waals surface area (Å²) in [6.45, 7) is 0.458. The summed E-state index contributed by atoms with van der Waals surface area (Å²) in [4.78, 5) is 37.8. The quantitative estimate of drug-likeness (QED) is 0.792. The Morgan fingerprint density at radius 1 is 1.19 bits per heavy atom. The molecule has 0 saturated carbocycles. The van der Waals surface area contributed by atoms with Crippen molar-refractivity contribution >= 4 is 28.6 Å². The largest absolute Gasteiger partial charge is 0.481 e. The van der Waals surface area contributed by atoms with Crippen LogP contribution in [0.5, 0.6) is 0 Å². The number of hydrogen-bond donors (Lipinski definition) is 1. The maximum Gasteiger partial charge on any atom is 0.328 e. The Kier molecular flexibility index (Phi) is 5.74. The molecule has 0 radical (unpaired) electrons. The summed E-state index contributed by atoms with van der Waals surface area (Å²) in [6, 6.07) is 13.0. The van der Waals surface area contributed by atoms with Crippen LogP contribution >= 0.6 is 0 Å². The molecule has 6 nitrogen and oxygen atoms in total. The highest BCUT2D eigenvalue weighted by molar-refractivity contribution is 5.89. The van der Waals surface area contributed by atoms with E-state index in [0.717, 1.165) is 16.3 Å². The molecule has 1 heterocycles. The van der Waals surface area contributed by atoms with Crippen molar-refractivity contribution in [1.29, 1.82) is 0 Å². The molecule has 2 atom stereocenters. The van der Waals surface area contributed by atoms with E-state index in [9.17, 15) is 19.5 Å². The van der Waals surface area contributed by atoms with Gasteiger partial charge in [0.2, 0.25) is 5.91 Å². The molecule has 1 saturated heterocycles. The minimum absolute atomic E-state index is 0.133. The predicted molar refractivity (Wildman–Crippen MR) is 100 cm³/mol. The second-order valence-corrected chi connectivity index (χ2v) is 6.85. The maximum atomic E-state index is 12.7. The van der Waals surface area contributed by atoms with Crippen molar-refractivity contribution in [1.82, 2.24) is 4.90 Å². The van der Waals surface area contributed by atoms with Crippen molar-refractivity contribution in [2.75, 3.05) is 13.7 Å². The van der Waals surface area contributed by atoms with Crippen LogP contribution in [0, 0.1) is 5.92 Å². The molecule has 0 bridgehead atoms. The van der Waals surface area contributed by atoms with Gasteiger partial charge >= 0.3 is 11.9 Å². The van der Waals surface area contributed by atoms with Gasteiger partial charge in [-0.1, -0.05) is 42.5 Å². The van der Waals surface area contributed by atoms with Gasteiger partial charge in [0.05, 0.1) is 13.0 Å². The molecule has 3 rings (SSSR count). The zero-order chi connectivity index (χ0) is 19.4. The summed E-state index contributed by atoms with van der Waals surface area (Å²) in [6.07, 6.45) is 1.40. The van der Waals surface area contributed by atoms with Gasteiger partial charge in [0, 0.05) is 13.0 Å². The fourth-order valence-electron chi connectivity index (χ4n) is 3.76. The summed E-state index contributed by atoms with van der Waals surface area (Å²) in [7, 11) is 1.30. The number of esters is 1. The first-order chi connectivity index (χ1) is 13.0. The van der Waals surface area contributed by atoms with Crippen LogP contribution in [0.25, 0.3) is 10.8 Å². The van der Waals surface area contributed by atoms with E-state index in [-0.39, 0.29) is 18.7 Å². The third-order valence-electron chi connectivity index (χ3n) is 5.16. The van der Waals surface area contributed by atoms with Crippen molar-refractivity contribution < 1.29 is 24.2 Å². The van der Waals surface area contributed by atoms with Crippen LogP contribution in [0.15, 0.2) is 42.5 Å². The lowest BCUT2D eigenvalue weighted by atomic mass is 9.92. The number of rotatable bonds is 6. The van der Waals surface area contributed by atoms with E-state index in [2.05, 4.69) is 0 Å². The number of ether oxygens (including phenoxy) is 1. The number of carbonyl (C=O) groups excluding carboxylic acids is 2. The van der Waals surface area contributed by atoms with Gasteiger partial charge in [-0.15, -0.1) is 0 Å². The Labute approximate surface area is 157 Å². The topological polar surface area (TPSA) is 83.9 Å². The number of carboxylic acids is 1. The van der Waals surface area contributed by atoms with Crippen LogP contribution in [0.4, 0.5) is 0 Å². The molecule has 2 aromatic carbocycles. The van der Waals surface area contributed by atoms with Gasteiger partial charge in [0.1, 0.15) is 6.04 Å². The van der Waals surface area contributed by atoms with E-state index in [4.69, 9.17) is 4.74 Å². The molecule has 0 aromatic heterocycles. The number of carbonyl (C=O) groups is 3. The first-order valence-electron chi connectivity index (χ1n) is 9.08. The highest BCUT2D eigenvalue weighted by Crippen LogP contribution is 2.25. The Bertz CT molecular complexity index is 857. The average Bonchev–Trinajstić information content (AvgIpc) is 3.17. The highest BCUT2D eigenvalue weighted by atomic mass is 16.5. The van der Waals surface area contributed by atoms with Gasteiger partial charge in [0.25, 0.3) is 0 Å². The standard InChI is InChI=1S/C21H23NO5/c1-27-21(26)18-10-5-11-22(18)19(23)13-16(20(24)25)12-15-8-4-7-14-6-2-3-9-17(14)15/h2-4,6-9,16,18H,5,10-13H2,1H3,(H,24,25). The molecule has 1 fully saturated rings. The van der Waals surface area contributed by atoms with E-state index in [1.165, 1.54) is 12.0 Å². The predicted octanol–water partition coefficient (Wildman–Crippen LogP) is 2.64. The number of hydrogen-bond acceptors (Lipinski definition) is 4. The molecule has 27 heavy (non-hydrogen) atoms. The van der Waals surface area contributed by atoms with Crippen molar-refractivity contribution in [2.45, 2.75) is 31.7 Å². The lowest BCUT2D eigenvalue weighted by Gasteiger charge is -2.24. The van der Waals surface area contributed by atoms with Crippen molar-refractivity contribution in [3.05, 3.63) is 48.0 Å². The fraction of sp³-hybridized carbons (Fsp3) is 0.381. The van der Waals surface area contributed by atoms with Gasteiger partial charge < -0.3 is 14.7 Å². The first-order valence-corrected chi connectivity index (χ1v) is 9.08. The molecular weight excluding hydrogens is 346 g/mol. The van der Waals surface area contributed by atoms with Crippen LogP contribution in [-0.4, -0.2) is 47.5 Å². The number of benzene rings is 2. The monoisotopic (exact) mass is 369 g/mol. The van der Waals surface area contributed by atoms with Crippen LogP contribution in [0.3, 0.4) is 0 Å². The molecule has 2 aromatic rings. The molecular formula is C21H23NO5. The number of likely N-dealkylation sites (tertiary alicyclic amines) is 1. The normalized spacial score (nSPS) is 17.7. The molecule has 2 unspecified atom stereocenters. The second kappa shape index (κ2) is 8.20. The summed E-state index contributed by atoms with van der Waals surface area (Å²) in [5.41, 5.74) is 0.902. The van der Waals surface area contributed by atoms with E-state index in [0.29, 0.717) is 19.4 Å². The second-order valence-electron chi connectivity index (χ2n) is 6.85. The maximum absolute atomic E-state index is 12.7. The van der Waals surface area contributed by atoms with Crippen LogP contribution in [-0.2, 0) is 25.5 Å². The van der Waals surface area contributed by atoms with E-state index < -0.39 is 23.9 Å². The Balaban J connectivity index is 1.77. The third-order valence-corrected chi connectivity index (χ3v) is 5.16. The summed E-state index contributed by atoms with van der Waals surface area (Å²) < 4.78 is 4.76. The molecule has 142 valence electrons. The van der Waals surface area contributed by atoms with Crippen molar-refractivity contribution in [2.24, 2.45) is 5.92 Å². The molecule has 0 aliphatic carbocycles. The molecule has 1 amide bonds. The smallest absolute Gasteiger partial charge is 0.328 e. The van der Waals surface area contributed by atoms with Crippen molar-refractivity contribution in [3.63, 3.8) is 0 Å². The minimum Gasteiger partial charge on any atom is -0.481 e. The summed E-state index contributed by atoms with van der Waals surface area (Å²) >= 11 is 0. The lowest BCUT2D eigenvalue weighted by molar-refractivity contribution is -0.152. The lowest BCUT2D eigenvalue weighted by Crippen LogP contribution is -2.42. The van der Waals surface area contributed by atoms with Gasteiger partial charge in [-0.3, -0.25) is 9.59 Å². The number of amides is 1. The Morgan fingerprint density at radius 2 is 1.93 bits per heavy atom. The number of nitrogens with zero attached hydrogens (tertiary/aromatic N) is 1. The fourth-order valence-corrected chi connectivity index (χ4v) is 3.76. The van der Waals surface area contributed by atoms with E-state index in [1.807, 2.05) is 42.5 Å². The number of aliphatic carboxylic acids is 1. The molecule has 6 heteroatoms. The first kappa shape index (κ1) is 18.9. The van der Waals surface area contributed by atoms with E-state index >= 15 is 0 Å². The summed E-state index contributed by atoms with van der Waals surface area (Å²) in [5.74, 6) is -2.61. The Hall–Kier alpha value is -2.89. The van der Waals surface area contributed by atoms with Gasteiger partial charge in [0.15, 0.2) is 0 Å². The number of methoxy groups -OCH3 is 1. The molecule has 1 aliphatic heterocycles. The highest BCUT2D eigenvalue weighted by Gasteiger charge is 2.36. The molecule has 1 N–H and O–H groups in total. The Morgan fingerprint density at radius 3 is 2.67 bits per heavy atom. The summed E-state index contributed by atoms with van der Waals surface area (Å²) in [5, 5.41) is 11.7. The van der Waals surface area contributed by atoms with Gasteiger partial charge in [-0.2, -0.15) is 0 Å². The van der Waals surface area contributed by atoms with Gasteiger partial charge in [-0.05, 0) is 35.6 Å². The average molecular weight is 369 g/mol. The zero-order valence-corrected chi connectivity index (χ0v) is 15.3. The molecule has 0 spiro atoms. The minimum atomic E-state index is -1.01. The van der Waals surface area contributed by atoms with E-state index in [1.54, 1.807) is 0 Å². The van der Waals surface area contributed by atoms with Crippen molar-refractivity contribution in [3.8, 4) is 0 Å². The molecule has 1 aliphatic rings. The number of carboxylic acid groups (broad SMARTS) is 1. The number of fused-ring (bicyclic) bond motifs is 1. The third kappa shape index (κ3) is 4.10. The van der Waals surface area contributed by atoms with Crippen LogP contribution < -0.4 is 0 Å². The van der Waals surface area contributed by atoms with Crippen LogP contribution in [0.2, 0.25) is 0 Å². The van der Waals surface area contributed by atoms with Gasteiger partial charge in [-0.25, -0.2) is 4.79 Å². The zero-order valence-electron chi connectivity index (χ0n) is 15.3. The SMILES string of the molecule is COC(=O)C1CCCN1C(=O)CC(Cc1cccc2ccccc12)C(=O)O. The van der Waals surface area contributed by atoms with Crippen LogP contribution in [0.1, 0.15) is 24.8 Å².